The number of ether oxygens (including phenoxy) is 1. The molecule has 36 heavy (non-hydrogen) atoms. The molecule has 0 atom stereocenters. The molecule has 188 valence electrons. The van der Waals surface area contributed by atoms with Gasteiger partial charge in [-0.2, -0.15) is 4.98 Å². The summed E-state index contributed by atoms with van der Waals surface area (Å²) in [5, 5.41) is 16.1. The summed E-state index contributed by atoms with van der Waals surface area (Å²) in [6, 6.07) is 22.4. The van der Waals surface area contributed by atoms with E-state index in [1.165, 1.54) is 11.1 Å². The summed E-state index contributed by atoms with van der Waals surface area (Å²) in [6.07, 6.45) is 1.04. The average molecular weight is 508 g/mol. The van der Waals surface area contributed by atoms with Crippen LogP contribution >= 0.6 is 12.4 Å². The summed E-state index contributed by atoms with van der Waals surface area (Å²) in [5.41, 5.74) is 7.36. The number of hydrogen-bond acceptors (Lipinski definition) is 6. The van der Waals surface area contributed by atoms with Crippen molar-refractivity contribution in [2.75, 3.05) is 13.7 Å². The first-order chi connectivity index (χ1) is 17.1. The Labute approximate surface area is 216 Å². The van der Waals surface area contributed by atoms with Gasteiger partial charge in [-0.3, -0.25) is 4.79 Å². The van der Waals surface area contributed by atoms with E-state index in [0.717, 1.165) is 34.2 Å². The lowest BCUT2D eigenvalue weighted by atomic mass is 9.93. The predicted octanol–water partition coefficient (Wildman–Crippen LogP) is 5.77. The van der Waals surface area contributed by atoms with Gasteiger partial charge >= 0.3 is 5.97 Å². The number of benzene rings is 3. The number of hydrogen-bond donors (Lipinski definition) is 2. The molecule has 0 unspecified atom stereocenters. The molecular weight excluding hydrogens is 478 g/mol. The molecule has 0 amide bonds. The summed E-state index contributed by atoms with van der Waals surface area (Å²) in [7, 11) is 1.69. The first kappa shape index (κ1) is 27.1. The molecule has 0 aliphatic heterocycles. The third-order valence-electron chi connectivity index (χ3n) is 5.80. The number of carboxylic acids is 1. The second kappa shape index (κ2) is 13.0. The topological polar surface area (TPSA) is 97.5 Å². The van der Waals surface area contributed by atoms with Gasteiger partial charge in [0.25, 0.3) is 5.89 Å². The van der Waals surface area contributed by atoms with Crippen LogP contribution in [0, 0.1) is 0 Å². The number of carboxylic acid groups (broad SMARTS) is 1. The molecule has 0 aliphatic carbocycles. The summed E-state index contributed by atoms with van der Waals surface area (Å²) in [5.74, 6) is 0.126. The number of carbonyl (C=O) groups is 1. The van der Waals surface area contributed by atoms with Gasteiger partial charge < -0.3 is 19.7 Å². The predicted molar refractivity (Wildman–Crippen MR) is 142 cm³/mol. The summed E-state index contributed by atoms with van der Waals surface area (Å²) in [4.78, 5) is 15.3. The third kappa shape index (κ3) is 6.57. The van der Waals surface area contributed by atoms with Crippen molar-refractivity contribution in [3.63, 3.8) is 0 Å². The Hall–Kier alpha value is -3.52. The van der Waals surface area contributed by atoms with Crippen LogP contribution in [-0.2, 0) is 29.1 Å². The molecule has 0 fully saturated rings. The van der Waals surface area contributed by atoms with Crippen LogP contribution < -0.4 is 5.32 Å². The molecule has 1 aromatic heterocycles. The molecule has 1 heterocycles. The van der Waals surface area contributed by atoms with E-state index in [2.05, 4.69) is 52.7 Å². The highest BCUT2D eigenvalue weighted by Crippen LogP contribution is 2.32. The maximum Gasteiger partial charge on any atom is 0.304 e. The SMILES string of the molecule is CCc1ccccc1-c1ccc(-c2nc(-c3cccc(CNCCC(=O)O)c3)no2)cc1COC.Cl. The van der Waals surface area contributed by atoms with Crippen LogP contribution in [-0.4, -0.2) is 34.9 Å². The summed E-state index contributed by atoms with van der Waals surface area (Å²) < 4.78 is 11.1. The summed E-state index contributed by atoms with van der Waals surface area (Å²) >= 11 is 0. The van der Waals surface area contributed by atoms with Crippen molar-refractivity contribution < 1.29 is 19.2 Å². The van der Waals surface area contributed by atoms with E-state index >= 15 is 0 Å². The Morgan fingerprint density at radius 1 is 1.00 bits per heavy atom. The van der Waals surface area contributed by atoms with E-state index in [1.807, 2.05) is 36.4 Å². The fourth-order valence-electron chi connectivity index (χ4n) is 4.06. The first-order valence-corrected chi connectivity index (χ1v) is 11.6. The van der Waals surface area contributed by atoms with Crippen molar-refractivity contribution in [3.8, 4) is 34.0 Å². The van der Waals surface area contributed by atoms with Gasteiger partial charge in [0.2, 0.25) is 5.82 Å². The van der Waals surface area contributed by atoms with Gasteiger partial charge in [-0.05, 0) is 52.4 Å². The molecule has 0 saturated heterocycles. The standard InChI is InChI=1S/C28H29N3O4.ClH/c1-3-20-8-4-5-10-24(20)25-12-11-22(16-23(25)18-34-2)28-30-27(31-35-28)21-9-6-7-19(15-21)17-29-14-13-26(32)33;/h4-12,15-16,29H,3,13-14,17-18H2,1-2H3,(H,32,33);1H. The van der Waals surface area contributed by atoms with Gasteiger partial charge in [-0.15, -0.1) is 12.4 Å². The molecule has 0 spiro atoms. The molecule has 0 saturated carbocycles. The normalized spacial score (nSPS) is 10.7. The van der Waals surface area contributed by atoms with Crippen LogP contribution in [0.3, 0.4) is 0 Å². The zero-order valence-electron chi connectivity index (χ0n) is 20.4. The van der Waals surface area contributed by atoms with Gasteiger partial charge in [0.1, 0.15) is 0 Å². The van der Waals surface area contributed by atoms with Crippen LogP contribution in [0.5, 0.6) is 0 Å². The van der Waals surface area contributed by atoms with Crippen LogP contribution in [0.1, 0.15) is 30.0 Å². The van der Waals surface area contributed by atoms with Crippen LogP contribution in [0.25, 0.3) is 34.0 Å². The zero-order chi connectivity index (χ0) is 24.6. The van der Waals surface area contributed by atoms with Gasteiger partial charge in [-0.25, -0.2) is 0 Å². The molecule has 8 heteroatoms. The minimum absolute atomic E-state index is 0. The number of rotatable bonds is 11. The van der Waals surface area contributed by atoms with Crippen molar-refractivity contribution in [1.29, 1.82) is 0 Å². The van der Waals surface area contributed by atoms with Gasteiger partial charge in [0.15, 0.2) is 0 Å². The Morgan fingerprint density at radius 2 is 1.81 bits per heavy atom. The van der Waals surface area contributed by atoms with Crippen molar-refractivity contribution in [3.05, 3.63) is 83.4 Å². The largest absolute Gasteiger partial charge is 0.481 e. The molecule has 0 aliphatic rings. The van der Waals surface area contributed by atoms with Gasteiger partial charge in [0.05, 0.1) is 13.0 Å². The zero-order valence-corrected chi connectivity index (χ0v) is 21.2. The molecule has 3 aromatic carbocycles. The molecule has 4 aromatic rings. The van der Waals surface area contributed by atoms with Crippen molar-refractivity contribution >= 4 is 18.4 Å². The second-order valence-electron chi connectivity index (χ2n) is 8.26. The Bertz CT molecular complexity index is 1310. The minimum Gasteiger partial charge on any atom is -0.481 e. The fraction of sp³-hybridized carbons (Fsp3) is 0.250. The van der Waals surface area contributed by atoms with E-state index in [9.17, 15) is 4.79 Å². The van der Waals surface area contributed by atoms with E-state index in [1.54, 1.807) is 7.11 Å². The lowest BCUT2D eigenvalue weighted by molar-refractivity contribution is -0.136. The Kier molecular flexibility index (Phi) is 9.76. The molecule has 4 rings (SSSR count). The van der Waals surface area contributed by atoms with Crippen molar-refractivity contribution in [2.24, 2.45) is 0 Å². The number of nitrogens with one attached hydrogen (secondary N) is 1. The average Bonchev–Trinajstić information content (AvgIpc) is 3.37. The van der Waals surface area contributed by atoms with Crippen LogP contribution in [0.15, 0.2) is 71.3 Å². The van der Waals surface area contributed by atoms with Gasteiger partial charge in [0, 0.05) is 31.3 Å². The number of aromatic nitrogens is 2. The maximum atomic E-state index is 10.7. The number of aliphatic carboxylic acids is 1. The lowest BCUT2D eigenvalue weighted by Crippen LogP contribution is -2.17. The molecule has 2 N–H and O–H groups in total. The van der Waals surface area contributed by atoms with E-state index in [-0.39, 0.29) is 18.8 Å². The molecular formula is C28H30ClN3O4. The number of nitrogens with zero attached hydrogens (tertiary/aromatic N) is 2. The molecule has 0 bridgehead atoms. The minimum atomic E-state index is -0.818. The smallest absolute Gasteiger partial charge is 0.304 e. The maximum absolute atomic E-state index is 10.7. The van der Waals surface area contributed by atoms with E-state index in [0.29, 0.717) is 31.4 Å². The highest BCUT2D eigenvalue weighted by molar-refractivity contribution is 5.85. The van der Waals surface area contributed by atoms with Crippen LogP contribution in [0.4, 0.5) is 0 Å². The van der Waals surface area contributed by atoms with E-state index in [4.69, 9.17) is 14.4 Å². The second-order valence-corrected chi connectivity index (χ2v) is 8.26. The van der Waals surface area contributed by atoms with Crippen molar-refractivity contribution in [1.82, 2.24) is 15.5 Å². The number of methoxy groups -OCH3 is 1. The van der Waals surface area contributed by atoms with E-state index < -0.39 is 5.97 Å². The molecule has 7 nitrogen and oxygen atoms in total. The van der Waals surface area contributed by atoms with Crippen molar-refractivity contribution in [2.45, 2.75) is 32.9 Å². The lowest BCUT2D eigenvalue weighted by Gasteiger charge is -2.13. The highest BCUT2D eigenvalue weighted by atomic mass is 35.5. The van der Waals surface area contributed by atoms with Crippen LogP contribution in [0.2, 0.25) is 0 Å². The summed E-state index contributed by atoms with van der Waals surface area (Å²) in [6.45, 7) is 3.60. The highest BCUT2D eigenvalue weighted by Gasteiger charge is 2.15. The number of aryl methyl sites for hydroxylation is 1. The first-order valence-electron chi connectivity index (χ1n) is 11.6. The monoisotopic (exact) mass is 507 g/mol. The number of halogens is 1. The van der Waals surface area contributed by atoms with Gasteiger partial charge in [-0.1, -0.05) is 60.6 Å². The quantitative estimate of drug-likeness (QED) is 0.249. The third-order valence-corrected chi connectivity index (χ3v) is 5.80. The molecule has 0 radical (unpaired) electrons. The Balaban J connectivity index is 0.00000361. The Morgan fingerprint density at radius 3 is 2.58 bits per heavy atom. The fourth-order valence-corrected chi connectivity index (χ4v) is 4.06.